The predicted molar refractivity (Wildman–Crippen MR) is 73.8 cm³/mol. The lowest BCUT2D eigenvalue weighted by Crippen LogP contribution is -2.23. The highest BCUT2D eigenvalue weighted by Gasteiger charge is 2.08. The van der Waals surface area contributed by atoms with Crippen LogP contribution < -0.4 is 5.32 Å². The van der Waals surface area contributed by atoms with Crippen molar-refractivity contribution >= 4 is 18.5 Å². The summed E-state index contributed by atoms with van der Waals surface area (Å²) in [6, 6.07) is 5.95. The second kappa shape index (κ2) is 5.84. The largest absolute Gasteiger partial charge is 0.348 e. The Balaban J connectivity index is 2.05. The van der Waals surface area contributed by atoms with Crippen molar-refractivity contribution in [1.29, 1.82) is 0 Å². The molecule has 1 aromatic carbocycles. The van der Waals surface area contributed by atoms with Crippen molar-refractivity contribution in [1.82, 2.24) is 10.3 Å². The van der Waals surface area contributed by atoms with Crippen molar-refractivity contribution in [2.45, 2.75) is 18.4 Å². The van der Waals surface area contributed by atoms with Gasteiger partial charge in [-0.05, 0) is 42.3 Å². The summed E-state index contributed by atoms with van der Waals surface area (Å²) in [6.45, 7) is 2.34. The van der Waals surface area contributed by atoms with Crippen LogP contribution in [-0.2, 0) is 6.54 Å². The smallest absolute Gasteiger partial charge is 0.251 e. The summed E-state index contributed by atoms with van der Waals surface area (Å²) in [6.07, 6.45) is 3.41. The zero-order valence-corrected chi connectivity index (χ0v) is 11.2. The monoisotopic (exact) mass is 276 g/mol. The van der Waals surface area contributed by atoms with E-state index >= 15 is 0 Å². The molecule has 0 spiro atoms. The summed E-state index contributed by atoms with van der Waals surface area (Å²) >= 11 is 3.95. The minimum Gasteiger partial charge on any atom is -0.348 e. The number of amides is 1. The van der Waals surface area contributed by atoms with Crippen LogP contribution in [0.2, 0.25) is 0 Å². The maximum Gasteiger partial charge on any atom is 0.251 e. The van der Waals surface area contributed by atoms with Gasteiger partial charge in [-0.2, -0.15) is 0 Å². The Labute approximate surface area is 116 Å². The van der Waals surface area contributed by atoms with E-state index in [-0.39, 0.29) is 10.8 Å². The number of carbonyl (C=O) groups is 1. The van der Waals surface area contributed by atoms with Crippen molar-refractivity contribution in [2.75, 3.05) is 0 Å². The van der Waals surface area contributed by atoms with Gasteiger partial charge >= 0.3 is 0 Å². The highest BCUT2D eigenvalue weighted by molar-refractivity contribution is 7.80. The quantitative estimate of drug-likeness (QED) is 0.846. The maximum atomic E-state index is 13.0. The summed E-state index contributed by atoms with van der Waals surface area (Å²) in [4.78, 5) is 16.1. The summed E-state index contributed by atoms with van der Waals surface area (Å²) in [7, 11) is 0. The second-order valence-corrected chi connectivity index (χ2v) is 4.63. The van der Waals surface area contributed by atoms with Gasteiger partial charge in [0.1, 0.15) is 5.82 Å². The zero-order valence-electron chi connectivity index (χ0n) is 10.4. The Kier molecular flexibility index (Phi) is 4.16. The fraction of sp³-hybridized carbons (Fsp3) is 0.143. The molecule has 5 heteroatoms. The third kappa shape index (κ3) is 3.32. The minimum absolute atomic E-state index is 0.158. The molecule has 1 N–H and O–H groups in total. The van der Waals surface area contributed by atoms with E-state index < -0.39 is 5.82 Å². The molecule has 0 saturated carbocycles. The fourth-order valence-corrected chi connectivity index (χ4v) is 1.83. The number of benzene rings is 1. The highest BCUT2D eigenvalue weighted by Crippen LogP contribution is 2.14. The van der Waals surface area contributed by atoms with Crippen LogP contribution in [-0.4, -0.2) is 10.9 Å². The molecule has 0 bridgehead atoms. The van der Waals surface area contributed by atoms with Crippen LogP contribution in [0, 0.1) is 12.7 Å². The topological polar surface area (TPSA) is 42.0 Å². The third-order valence-electron chi connectivity index (χ3n) is 2.80. The van der Waals surface area contributed by atoms with E-state index in [2.05, 4.69) is 22.9 Å². The molecular weight excluding hydrogens is 263 g/mol. The molecule has 1 amide bonds. The van der Waals surface area contributed by atoms with Gasteiger partial charge in [0.2, 0.25) is 0 Å². The second-order valence-electron chi connectivity index (χ2n) is 4.15. The number of hydrogen-bond donors (Lipinski definition) is 2. The van der Waals surface area contributed by atoms with E-state index in [0.29, 0.717) is 12.1 Å². The average Bonchev–Trinajstić information content (AvgIpc) is 2.40. The van der Waals surface area contributed by atoms with Crippen LogP contribution in [0.25, 0.3) is 0 Å². The number of halogens is 1. The Morgan fingerprint density at radius 2 is 2.21 bits per heavy atom. The summed E-state index contributed by atoms with van der Waals surface area (Å²) in [5, 5.41) is 2.77. The first kappa shape index (κ1) is 13.5. The summed E-state index contributed by atoms with van der Waals surface area (Å²) in [5.41, 5.74) is 2.39. The van der Waals surface area contributed by atoms with Crippen molar-refractivity contribution < 1.29 is 9.18 Å². The molecule has 3 nitrogen and oxygen atoms in total. The number of aryl methyl sites for hydroxylation is 1. The third-order valence-corrected chi connectivity index (χ3v) is 3.14. The molecule has 98 valence electrons. The van der Waals surface area contributed by atoms with E-state index in [9.17, 15) is 9.18 Å². The van der Waals surface area contributed by atoms with Crippen LogP contribution in [0.3, 0.4) is 0 Å². The minimum atomic E-state index is -0.442. The van der Waals surface area contributed by atoms with Crippen LogP contribution in [0.15, 0.2) is 41.6 Å². The van der Waals surface area contributed by atoms with Crippen molar-refractivity contribution in [3.8, 4) is 0 Å². The number of rotatable bonds is 3. The van der Waals surface area contributed by atoms with Crippen LogP contribution >= 0.6 is 12.6 Å². The molecule has 2 rings (SSSR count). The van der Waals surface area contributed by atoms with Crippen LogP contribution in [0.5, 0.6) is 0 Å². The maximum absolute atomic E-state index is 13.0. The molecule has 19 heavy (non-hydrogen) atoms. The van der Waals surface area contributed by atoms with Crippen molar-refractivity contribution in [2.24, 2.45) is 0 Å². The van der Waals surface area contributed by atoms with Gasteiger partial charge in [0, 0.05) is 29.4 Å². The van der Waals surface area contributed by atoms with Gasteiger partial charge in [0.15, 0.2) is 0 Å². The Bertz CT molecular complexity index is 616. The SMILES string of the molecule is Cc1ccncc1CNC(=O)c1ccc(F)c(S)c1. The van der Waals surface area contributed by atoms with Crippen molar-refractivity contribution in [3.05, 3.63) is 59.2 Å². The molecule has 0 aliphatic carbocycles. The summed E-state index contributed by atoms with van der Waals surface area (Å²) < 4.78 is 13.0. The molecule has 1 heterocycles. The molecule has 0 saturated heterocycles. The lowest BCUT2D eigenvalue weighted by molar-refractivity contribution is 0.0950. The van der Waals surface area contributed by atoms with Gasteiger partial charge in [-0.1, -0.05) is 0 Å². The van der Waals surface area contributed by atoms with Gasteiger partial charge in [0.25, 0.3) is 5.91 Å². The van der Waals surface area contributed by atoms with Crippen LogP contribution in [0.4, 0.5) is 4.39 Å². The number of thiol groups is 1. The standard InChI is InChI=1S/C14H13FN2OS/c1-9-4-5-16-7-11(9)8-17-14(18)10-2-3-12(15)13(19)6-10/h2-7,19H,8H2,1H3,(H,17,18). The Hall–Kier alpha value is -1.88. The van der Waals surface area contributed by atoms with E-state index in [0.717, 1.165) is 11.1 Å². The number of nitrogens with one attached hydrogen (secondary N) is 1. The lowest BCUT2D eigenvalue weighted by atomic mass is 10.1. The van der Waals surface area contributed by atoms with Gasteiger partial charge in [-0.25, -0.2) is 4.39 Å². The molecule has 0 radical (unpaired) electrons. The first-order valence-electron chi connectivity index (χ1n) is 5.74. The molecular formula is C14H13FN2OS. The predicted octanol–water partition coefficient (Wildman–Crippen LogP) is 2.75. The van der Waals surface area contributed by atoms with E-state index in [4.69, 9.17) is 0 Å². The molecule has 0 atom stereocenters. The van der Waals surface area contributed by atoms with E-state index in [1.54, 1.807) is 12.4 Å². The molecule has 0 aliphatic rings. The number of hydrogen-bond acceptors (Lipinski definition) is 3. The molecule has 0 unspecified atom stereocenters. The molecule has 1 aromatic heterocycles. The number of aromatic nitrogens is 1. The average molecular weight is 276 g/mol. The van der Waals surface area contributed by atoms with E-state index in [1.807, 2.05) is 13.0 Å². The first-order valence-corrected chi connectivity index (χ1v) is 6.19. The van der Waals surface area contributed by atoms with Crippen molar-refractivity contribution in [3.63, 3.8) is 0 Å². The highest BCUT2D eigenvalue weighted by atomic mass is 32.1. The Morgan fingerprint density at radius 3 is 2.89 bits per heavy atom. The molecule has 0 aliphatic heterocycles. The number of carbonyl (C=O) groups excluding carboxylic acids is 1. The normalized spacial score (nSPS) is 10.3. The van der Waals surface area contributed by atoms with Gasteiger partial charge in [-0.3, -0.25) is 9.78 Å². The van der Waals surface area contributed by atoms with E-state index in [1.165, 1.54) is 18.2 Å². The first-order chi connectivity index (χ1) is 9.08. The van der Waals surface area contributed by atoms with Crippen LogP contribution in [0.1, 0.15) is 21.5 Å². The zero-order chi connectivity index (χ0) is 13.8. The Morgan fingerprint density at radius 1 is 1.42 bits per heavy atom. The number of pyridine rings is 1. The van der Waals surface area contributed by atoms with Gasteiger partial charge in [-0.15, -0.1) is 12.6 Å². The van der Waals surface area contributed by atoms with Gasteiger partial charge in [0.05, 0.1) is 0 Å². The molecule has 0 fully saturated rings. The lowest BCUT2D eigenvalue weighted by Gasteiger charge is -2.08. The number of nitrogens with zero attached hydrogens (tertiary/aromatic N) is 1. The van der Waals surface area contributed by atoms with Gasteiger partial charge < -0.3 is 5.32 Å². The summed E-state index contributed by atoms with van der Waals surface area (Å²) in [5.74, 6) is -0.707. The molecule has 2 aromatic rings. The fourth-order valence-electron chi connectivity index (χ4n) is 1.61.